The third-order valence-corrected chi connectivity index (χ3v) is 6.12. The molecule has 20 heavy (non-hydrogen) atoms. The first-order valence-corrected chi connectivity index (χ1v) is 7.84. The highest BCUT2D eigenvalue weighted by atomic mass is 17.3. The maximum atomic E-state index is 10.2. The summed E-state index contributed by atoms with van der Waals surface area (Å²) in [5.74, 6) is 0.437. The zero-order valence-electron chi connectivity index (χ0n) is 12.4. The van der Waals surface area contributed by atoms with Crippen molar-refractivity contribution in [3.8, 4) is 0 Å². The zero-order valence-corrected chi connectivity index (χ0v) is 12.4. The van der Waals surface area contributed by atoms with E-state index in [1.165, 1.54) is 6.42 Å². The molecule has 0 aromatic heterocycles. The SMILES string of the molecule is CC1CCC2[C@@H](C)C(O)O[C@@H]3O[C@]4(C)CCC1C23OO4. The summed E-state index contributed by atoms with van der Waals surface area (Å²) in [6.07, 6.45) is 2.72. The van der Waals surface area contributed by atoms with Crippen molar-refractivity contribution in [2.45, 2.75) is 70.4 Å². The van der Waals surface area contributed by atoms with E-state index in [-0.39, 0.29) is 11.8 Å². The summed E-state index contributed by atoms with van der Waals surface area (Å²) in [5.41, 5.74) is -0.549. The standard InChI is InChI=1S/C15H24O5/c1-8-4-5-11-9(2)12(16)17-13-15(11)10(8)6-7-14(3,18-13)19-20-15/h8-13,16H,4-7H2,1-3H3/t8?,9-,10?,11?,12?,13-,14+,15?/m1/s1. The summed E-state index contributed by atoms with van der Waals surface area (Å²) >= 11 is 0. The van der Waals surface area contributed by atoms with Gasteiger partial charge in [0.05, 0.1) is 0 Å². The molecule has 1 spiro atoms. The number of aliphatic hydroxyl groups is 1. The van der Waals surface area contributed by atoms with Gasteiger partial charge < -0.3 is 14.6 Å². The molecule has 5 rings (SSSR count). The van der Waals surface area contributed by atoms with E-state index in [1.54, 1.807) is 0 Å². The van der Waals surface area contributed by atoms with E-state index in [2.05, 4.69) is 6.92 Å². The topological polar surface area (TPSA) is 57.2 Å². The molecule has 1 aliphatic carbocycles. The molecule has 4 aliphatic heterocycles. The lowest BCUT2D eigenvalue weighted by atomic mass is 9.58. The zero-order chi connectivity index (χ0) is 14.1. The minimum Gasteiger partial charge on any atom is -0.368 e. The van der Waals surface area contributed by atoms with Crippen LogP contribution in [-0.2, 0) is 19.2 Å². The van der Waals surface area contributed by atoms with Gasteiger partial charge in [-0.1, -0.05) is 13.8 Å². The van der Waals surface area contributed by atoms with Crippen molar-refractivity contribution in [3.63, 3.8) is 0 Å². The molecule has 1 saturated carbocycles. The Balaban J connectivity index is 1.82. The summed E-state index contributed by atoms with van der Waals surface area (Å²) in [5, 5.41) is 10.2. The minimum absolute atomic E-state index is 0.0379. The summed E-state index contributed by atoms with van der Waals surface area (Å²) < 4.78 is 11.9. The van der Waals surface area contributed by atoms with Crippen LogP contribution in [0.3, 0.4) is 0 Å². The molecule has 8 atom stereocenters. The van der Waals surface area contributed by atoms with Gasteiger partial charge in [0.15, 0.2) is 18.2 Å². The lowest BCUT2D eigenvalue weighted by Crippen LogP contribution is -2.70. The highest BCUT2D eigenvalue weighted by Gasteiger charge is 2.69. The van der Waals surface area contributed by atoms with Gasteiger partial charge >= 0.3 is 0 Å². The number of aliphatic hydroxyl groups excluding tert-OH is 1. The Morgan fingerprint density at radius 1 is 1.05 bits per heavy atom. The average Bonchev–Trinajstić information content (AvgIpc) is 2.63. The van der Waals surface area contributed by atoms with Crippen molar-refractivity contribution in [2.75, 3.05) is 0 Å². The van der Waals surface area contributed by atoms with E-state index in [1.807, 2.05) is 13.8 Å². The van der Waals surface area contributed by atoms with Crippen LogP contribution >= 0.6 is 0 Å². The van der Waals surface area contributed by atoms with E-state index in [0.29, 0.717) is 11.8 Å². The number of hydrogen-bond acceptors (Lipinski definition) is 5. The lowest BCUT2D eigenvalue weighted by molar-refractivity contribution is -0.576. The summed E-state index contributed by atoms with van der Waals surface area (Å²) in [6, 6.07) is 0. The van der Waals surface area contributed by atoms with Crippen LogP contribution in [0.15, 0.2) is 0 Å². The molecule has 5 unspecified atom stereocenters. The molecule has 0 aromatic rings. The van der Waals surface area contributed by atoms with Gasteiger partial charge in [-0.05, 0) is 38.0 Å². The van der Waals surface area contributed by atoms with Gasteiger partial charge in [0, 0.05) is 18.3 Å². The fraction of sp³-hybridized carbons (Fsp3) is 1.00. The number of rotatable bonds is 0. The van der Waals surface area contributed by atoms with Crippen molar-refractivity contribution in [1.82, 2.24) is 0 Å². The smallest absolute Gasteiger partial charge is 0.201 e. The number of ether oxygens (including phenoxy) is 2. The summed E-state index contributed by atoms with van der Waals surface area (Å²) in [7, 11) is 0. The molecule has 0 radical (unpaired) electrons. The first-order chi connectivity index (χ1) is 9.46. The minimum atomic E-state index is -0.781. The largest absolute Gasteiger partial charge is 0.368 e. The second-order valence-electron chi connectivity index (χ2n) is 7.30. The quantitative estimate of drug-likeness (QED) is 0.691. The molecule has 4 saturated heterocycles. The van der Waals surface area contributed by atoms with E-state index in [4.69, 9.17) is 19.2 Å². The maximum absolute atomic E-state index is 10.2. The number of fused-ring (bicyclic) bond motifs is 2. The van der Waals surface area contributed by atoms with Crippen LogP contribution in [0.2, 0.25) is 0 Å². The predicted octanol–water partition coefficient (Wildman–Crippen LogP) is 2.19. The van der Waals surface area contributed by atoms with Crippen molar-refractivity contribution in [2.24, 2.45) is 23.7 Å². The van der Waals surface area contributed by atoms with Crippen molar-refractivity contribution in [1.29, 1.82) is 0 Å². The third kappa shape index (κ3) is 1.56. The van der Waals surface area contributed by atoms with Gasteiger partial charge in [0.1, 0.15) is 0 Å². The molecule has 5 aliphatic rings. The van der Waals surface area contributed by atoms with E-state index in [0.717, 1.165) is 19.3 Å². The Morgan fingerprint density at radius 2 is 1.85 bits per heavy atom. The third-order valence-electron chi connectivity index (χ3n) is 6.12. The Morgan fingerprint density at radius 3 is 2.65 bits per heavy atom. The molecule has 0 amide bonds. The van der Waals surface area contributed by atoms with E-state index in [9.17, 15) is 5.11 Å². The highest BCUT2D eigenvalue weighted by molar-refractivity contribution is 5.08. The van der Waals surface area contributed by atoms with Gasteiger partial charge in [-0.2, -0.15) is 0 Å². The first kappa shape index (κ1) is 13.5. The molecule has 5 fully saturated rings. The molecule has 5 heteroatoms. The molecule has 0 aromatic carbocycles. The van der Waals surface area contributed by atoms with Crippen molar-refractivity contribution >= 4 is 0 Å². The maximum Gasteiger partial charge on any atom is 0.201 e. The van der Waals surface area contributed by atoms with Crippen LogP contribution < -0.4 is 0 Å². The van der Waals surface area contributed by atoms with Crippen LogP contribution in [0.25, 0.3) is 0 Å². The van der Waals surface area contributed by atoms with E-state index >= 15 is 0 Å². The van der Waals surface area contributed by atoms with Crippen molar-refractivity contribution in [3.05, 3.63) is 0 Å². The van der Waals surface area contributed by atoms with Crippen LogP contribution in [0.1, 0.15) is 46.5 Å². The second-order valence-corrected chi connectivity index (χ2v) is 7.30. The molecule has 114 valence electrons. The van der Waals surface area contributed by atoms with E-state index < -0.39 is 24.0 Å². The Hall–Kier alpha value is -0.200. The average molecular weight is 284 g/mol. The molecule has 2 bridgehead atoms. The fourth-order valence-corrected chi connectivity index (χ4v) is 4.89. The normalized spacial score (nSPS) is 61.8. The Kier molecular flexibility index (Phi) is 2.81. The van der Waals surface area contributed by atoms with Gasteiger partial charge in [-0.25, -0.2) is 9.78 Å². The molecule has 4 heterocycles. The Labute approximate surface area is 119 Å². The lowest BCUT2D eigenvalue weighted by Gasteiger charge is -2.59. The molecular weight excluding hydrogens is 260 g/mol. The van der Waals surface area contributed by atoms with Crippen LogP contribution in [0.4, 0.5) is 0 Å². The molecule has 5 nitrogen and oxygen atoms in total. The number of hydrogen-bond donors (Lipinski definition) is 1. The van der Waals surface area contributed by atoms with Gasteiger partial charge in [-0.3, -0.25) is 0 Å². The molecule has 1 N–H and O–H groups in total. The molecular formula is C15H24O5. The van der Waals surface area contributed by atoms with Crippen LogP contribution in [0.5, 0.6) is 0 Å². The predicted molar refractivity (Wildman–Crippen MR) is 69.0 cm³/mol. The van der Waals surface area contributed by atoms with Crippen LogP contribution in [-0.4, -0.2) is 29.1 Å². The van der Waals surface area contributed by atoms with Gasteiger partial charge in [0.2, 0.25) is 5.79 Å². The van der Waals surface area contributed by atoms with Crippen molar-refractivity contribution < 1.29 is 24.4 Å². The summed E-state index contributed by atoms with van der Waals surface area (Å²) in [4.78, 5) is 11.6. The highest BCUT2D eigenvalue weighted by Crippen LogP contribution is 2.60. The Bertz CT molecular complexity index is 411. The second kappa shape index (κ2) is 4.17. The monoisotopic (exact) mass is 284 g/mol. The first-order valence-electron chi connectivity index (χ1n) is 7.84. The summed E-state index contributed by atoms with van der Waals surface area (Å²) in [6.45, 7) is 6.22. The van der Waals surface area contributed by atoms with Gasteiger partial charge in [-0.15, -0.1) is 0 Å². The van der Waals surface area contributed by atoms with Gasteiger partial charge in [0.25, 0.3) is 0 Å². The fourth-order valence-electron chi connectivity index (χ4n) is 4.89. The van der Waals surface area contributed by atoms with Crippen LogP contribution in [0, 0.1) is 23.7 Å².